The maximum absolute atomic E-state index is 5.39. The van der Waals surface area contributed by atoms with Gasteiger partial charge in [-0.1, -0.05) is 48.9 Å². The van der Waals surface area contributed by atoms with Crippen LogP contribution in [0.2, 0.25) is 0 Å². The van der Waals surface area contributed by atoms with Gasteiger partial charge in [0.1, 0.15) is 7.85 Å². The van der Waals surface area contributed by atoms with E-state index in [1.54, 1.807) is 5.98 Å². The van der Waals surface area contributed by atoms with E-state index in [0.29, 0.717) is 0 Å². The average molecular weight is 182 g/mol. The predicted molar refractivity (Wildman–Crippen MR) is 65.3 cm³/mol. The highest BCUT2D eigenvalue weighted by atomic mass is 14.0. The molecule has 0 saturated carbocycles. The molecular weight excluding hydrogens is 167 g/mol. The van der Waals surface area contributed by atoms with E-state index < -0.39 is 0 Å². The number of rotatable bonds is 3. The van der Waals surface area contributed by atoms with Crippen LogP contribution in [-0.4, -0.2) is 7.85 Å². The summed E-state index contributed by atoms with van der Waals surface area (Å²) in [6.07, 6.45) is 7.28. The van der Waals surface area contributed by atoms with Crippen LogP contribution in [0.25, 0.3) is 12.2 Å². The SMILES string of the molecule is [B]/C=C/c1ccc(C)cc1/C=C\CC. The fraction of sp³-hybridized carbons (Fsp3) is 0.231. The van der Waals surface area contributed by atoms with Crippen LogP contribution in [0.5, 0.6) is 0 Å². The fourth-order valence-electron chi connectivity index (χ4n) is 1.34. The fourth-order valence-corrected chi connectivity index (χ4v) is 1.34. The molecule has 0 aliphatic rings. The molecule has 0 atom stereocenters. The van der Waals surface area contributed by atoms with E-state index in [2.05, 4.69) is 44.2 Å². The summed E-state index contributed by atoms with van der Waals surface area (Å²) in [4.78, 5) is 0. The molecule has 1 rings (SSSR count). The number of allylic oxidation sites excluding steroid dienone is 1. The summed E-state index contributed by atoms with van der Waals surface area (Å²) in [5.41, 5.74) is 3.67. The van der Waals surface area contributed by atoms with E-state index in [1.165, 1.54) is 16.7 Å². The topological polar surface area (TPSA) is 0 Å². The van der Waals surface area contributed by atoms with E-state index in [0.717, 1.165) is 6.42 Å². The zero-order valence-electron chi connectivity index (χ0n) is 8.83. The normalized spacial score (nSPS) is 11.6. The predicted octanol–water partition coefficient (Wildman–Crippen LogP) is 3.56. The molecule has 0 nitrogen and oxygen atoms in total. The van der Waals surface area contributed by atoms with Gasteiger partial charge in [-0.25, -0.2) is 0 Å². The van der Waals surface area contributed by atoms with Gasteiger partial charge in [0.25, 0.3) is 0 Å². The van der Waals surface area contributed by atoms with Crippen molar-refractivity contribution in [2.24, 2.45) is 0 Å². The van der Waals surface area contributed by atoms with Crippen LogP contribution in [0.4, 0.5) is 0 Å². The van der Waals surface area contributed by atoms with Crippen molar-refractivity contribution in [2.75, 3.05) is 0 Å². The maximum Gasteiger partial charge on any atom is 0.102 e. The molecule has 0 aliphatic carbocycles. The van der Waals surface area contributed by atoms with E-state index >= 15 is 0 Å². The second-order valence-corrected chi connectivity index (χ2v) is 3.30. The molecule has 0 N–H and O–H groups in total. The van der Waals surface area contributed by atoms with Crippen molar-refractivity contribution in [3.05, 3.63) is 46.9 Å². The van der Waals surface area contributed by atoms with Crippen LogP contribution in [0.3, 0.4) is 0 Å². The lowest BCUT2D eigenvalue weighted by atomic mass is 10.0. The first kappa shape index (κ1) is 10.8. The lowest BCUT2D eigenvalue weighted by Crippen LogP contribution is -1.82. The molecule has 0 bridgehead atoms. The van der Waals surface area contributed by atoms with E-state index in [4.69, 9.17) is 7.85 Å². The van der Waals surface area contributed by atoms with Crippen molar-refractivity contribution >= 4 is 20.0 Å². The van der Waals surface area contributed by atoms with Gasteiger partial charge in [-0.05, 0) is 24.5 Å². The Kier molecular flexibility index (Phi) is 4.25. The quantitative estimate of drug-likeness (QED) is 0.627. The van der Waals surface area contributed by atoms with Crippen LogP contribution in [0.15, 0.2) is 30.3 Å². The van der Waals surface area contributed by atoms with Crippen LogP contribution >= 0.6 is 0 Å². The van der Waals surface area contributed by atoms with Gasteiger partial charge in [-0.3, -0.25) is 0 Å². The highest BCUT2D eigenvalue weighted by Gasteiger charge is 1.95. The van der Waals surface area contributed by atoms with Gasteiger partial charge >= 0.3 is 0 Å². The minimum Gasteiger partial charge on any atom is -0.131 e. The summed E-state index contributed by atoms with van der Waals surface area (Å²) in [7, 11) is 5.39. The first-order valence-electron chi connectivity index (χ1n) is 4.93. The molecule has 0 saturated heterocycles. The van der Waals surface area contributed by atoms with Crippen molar-refractivity contribution in [2.45, 2.75) is 20.3 Å². The van der Waals surface area contributed by atoms with Crippen molar-refractivity contribution in [1.29, 1.82) is 0 Å². The second kappa shape index (κ2) is 5.49. The van der Waals surface area contributed by atoms with Crippen molar-refractivity contribution in [3.63, 3.8) is 0 Å². The van der Waals surface area contributed by atoms with Gasteiger partial charge in [-0.15, -0.1) is 5.98 Å². The van der Waals surface area contributed by atoms with Gasteiger partial charge < -0.3 is 0 Å². The molecule has 1 aromatic carbocycles. The molecule has 14 heavy (non-hydrogen) atoms. The Morgan fingerprint density at radius 1 is 1.21 bits per heavy atom. The summed E-state index contributed by atoms with van der Waals surface area (Å²) < 4.78 is 0. The van der Waals surface area contributed by atoms with Crippen molar-refractivity contribution in [1.82, 2.24) is 0 Å². The standard InChI is InChI=1S/C13H15B/c1-3-4-5-13-10-11(2)6-7-12(13)8-9-14/h4-10H,3H2,1-2H3/b5-4-,9-8+. The smallest absolute Gasteiger partial charge is 0.102 e. The summed E-state index contributed by atoms with van der Waals surface area (Å²) >= 11 is 0. The number of benzene rings is 1. The minimum atomic E-state index is 1.06. The van der Waals surface area contributed by atoms with Crippen molar-refractivity contribution < 1.29 is 0 Å². The van der Waals surface area contributed by atoms with Crippen LogP contribution in [-0.2, 0) is 0 Å². The molecule has 0 aromatic heterocycles. The molecule has 70 valence electrons. The maximum atomic E-state index is 5.39. The summed E-state index contributed by atoms with van der Waals surface area (Å²) in [6, 6.07) is 6.36. The largest absolute Gasteiger partial charge is 0.131 e. The lowest BCUT2D eigenvalue weighted by Gasteiger charge is -2.02. The Bertz CT molecular complexity index is 348. The Hall–Kier alpha value is -1.24. The molecule has 0 aliphatic heterocycles. The van der Waals surface area contributed by atoms with E-state index in [1.807, 2.05) is 6.08 Å². The lowest BCUT2D eigenvalue weighted by molar-refractivity contribution is 1.23. The van der Waals surface area contributed by atoms with Gasteiger partial charge in [0.2, 0.25) is 0 Å². The highest BCUT2D eigenvalue weighted by Crippen LogP contribution is 2.15. The Labute approximate surface area is 87.8 Å². The first-order valence-corrected chi connectivity index (χ1v) is 4.93. The second-order valence-electron chi connectivity index (χ2n) is 3.30. The molecule has 1 heteroatoms. The molecule has 0 amide bonds. The molecule has 0 unspecified atom stereocenters. The van der Waals surface area contributed by atoms with Crippen LogP contribution < -0.4 is 0 Å². The third-order valence-electron chi connectivity index (χ3n) is 2.05. The molecule has 1 aromatic rings. The van der Waals surface area contributed by atoms with Crippen LogP contribution in [0.1, 0.15) is 30.0 Å². The van der Waals surface area contributed by atoms with Gasteiger partial charge in [0, 0.05) is 0 Å². The Morgan fingerprint density at radius 3 is 2.64 bits per heavy atom. The minimum absolute atomic E-state index is 1.06. The Morgan fingerprint density at radius 2 is 2.00 bits per heavy atom. The number of aryl methyl sites for hydroxylation is 1. The zero-order chi connectivity index (χ0) is 10.4. The Balaban J connectivity index is 3.08. The average Bonchev–Trinajstić information content (AvgIpc) is 2.18. The third-order valence-corrected chi connectivity index (χ3v) is 2.05. The molecule has 0 heterocycles. The van der Waals surface area contributed by atoms with Gasteiger partial charge in [0.15, 0.2) is 0 Å². The van der Waals surface area contributed by atoms with E-state index in [-0.39, 0.29) is 0 Å². The van der Waals surface area contributed by atoms with Gasteiger partial charge in [0.05, 0.1) is 0 Å². The van der Waals surface area contributed by atoms with Crippen LogP contribution in [0, 0.1) is 6.92 Å². The molecule has 0 spiro atoms. The molecule has 0 fully saturated rings. The monoisotopic (exact) mass is 182 g/mol. The zero-order valence-corrected chi connectivity index (χ0v) is 8.83. The summed E-state index contributed by atoms with van der Waals surface area (Å²) in [6.45, 7) is 4.23. The third kappa shape index (κ3) is 2.92. The summed E-state index contributed by atoms with van der Waals surface area (Å²) in [5.74, 6) is 1.58. The highest BCUT2D eigenvalue weighted by molar-refractivity contribution is 6.19. The number of hydrogen-bond acceptors (Lipinski definition) is 0. The molecule has 2 radical (unpaired) electrons. The molecular formula is C13H15B. The van der Waals surface area contributed by atoms with Gasteiger partial charge in [-0.2, -0.15) is 0 Å². The van der Waals surface area contributed by atoms with E-state index in [9.17, 15) is 0 Å². The number of hydrogen-bond donors (Lipinski definition) is 0. The van der Waals surface area contributed by atoms with Crippen molar-refractivity contribution in [3.8, 4) is 0 Å². The first-order chi connectivity index (χ1) is 6.77. The summed E-state index contributed by atoms with van der Waals surface area (Å²) in [5, 5.41) is 0.